The van der Waals surface area contributed by atoms with Gasteiger partial charge >= 0.3 is 0 Å². The van der Waals surface area contributed by atoms with Gasteiger partial charge in [0.2, 0.25) is 10.0 Å². The summed E-state index contributed by atoms with van der Waals surface area (Å²) in [6.45, 7) is 3.75. The van der Waals surface area contributed by atoms with Gasteiger partial charge in [0.1, 0.15) is 0 Å². The van der Waals surface area contributed by atoms with Crippen molar-refractivity contribution in [2.24, 2.45) is 0 Å². The van der Waals surface area contributed by atoms with Crippen molar-refractivity contribution in [1.29, 1.82) is 0 Å². The summed E-state index contributed by atoms with van der Waals surface area (Å²) in [5.74, 6) is 0. The van der Waals surface area contributed by atoms with Crippen molar-refractivity contribution in [3.05, 3.63) is 46.2 Å². The number of anilines is 1. The van der Waals surface area contributed by atoms with Crippen LogP contribution >= 0.6 is 11.3 Å². The van der Waals surface area contributed by atoms with E-state index >= 15 is 0 Å². The number of aryl methyl sites for hydroxylation is 1. The van der Waals surface area contributed by atoms with Gasteiger partial charge in [0, 0.05) is 23.7 Å². The zero-order chi connectivity index (χ0) is 15.6. The Labute approximate surface area is 130 Å². The van der Waals surface area contributed by atoms with Crippen LogP contribution in [0, 0.1) is 6.92 Å². The van der Waals surface area contributed by atoms with Gasteiger partial charge in [0.15, 0.2) is 0 Å². The van der Waals surface area contributed by atoms with Gasteiger partial charge in [-0.2, -0.15) is 4.31 Å². The average Bonchev–Trinajstić information content (AvgIpc) is 2.89. The molecule has 1 aromatic heterocycles. The maximum absolute atomic E-state index is 12.7. The van der Waals surface area contributed by atoms with E-state index in [1.165, 1.54) is 15.2 Å². The quantitative estimate of drug-likeness (QED) is 0.860. The molecule has 21 heavy (non-hydrogen) atoms. The Morgan fingerprint density at radius 3 is 2.62 bits per heavy atom. The molecule has 2 N–H and O–H groups in total. The molecule has 0 fully saturated rings. The standard InChI is InChI=1S/C15H20N2O2S2/c1-11-7-13(16)10-15(8-11)21(18,19)17(3)12(2)9-14-5-4-6-20-14/h4-8,10,12H,9,16H2,1-3H3. The van der Waals surface area contributed by atoms with Crippen LogP contribution in [0.2, 0.25) is 0 Å². The number of benzene rings is 1. The van der Waals surface area contributed by atoms with Gasteiger partial charge in [0.25, 0.3) is 0 Å². The van der Waals surface area contributed by atoms with Gasteiger partial charge in [-0.05, 0) is 55.5 Å². The second-order valence-electron chi connectivity index (χ2n) is 5.23. The average molecular weight is 324 g/mol. The number of thiophene rings is 1. The van der Waals surface area contributed by atoms with Crippen LogP contribution in [0.15, 0.2) is 40.6 Å². The molecule has 1 heterocycles. The molecule has 0 spiro atoms. The highest BCUT2D eigenvalue weighted by molar-refractivity contribution is 7.89. The van der Waals surface area contributed by atoms with Gasteiger partial charge < -0.3 is 5.73 Å². The predicted molar refractivity (Wildman–Crippen MR) is 88.0 cm³/mol. The molecule has 0 saturated carbocycles. The molecule has 6 heteroatoms. The highest BCUT2D eigenvalue weighted by Crippen LogP contribution is 2.23. The van der Waals surface area contributed by atoms with E-state index in [9.17, 15) is 8.42 Å². The minimum Gasteiger partial charge on any atom is -0.399 e. The van der Waals surface area contributed by atoms with Gasteiger partial charge in [-0.15, -0.1) is 11.3 Å². The molecule has 0 aliphatic rings. The Balaban J connectivity index is 2.25. The smallest absolute Gasteiger partial charge is 0.243 e. The molecule has 2 rings (SSSR count). The first-order chi connectivity index (χ1) is 9.80. The topological polar surface area (TPSA) is 63.4 Å². The van der Waals surface area contributed by atoms with Crippen molar-refractivity contribution < 1.29 is 8.42 Å². The number of hydrogen-bond acceptors (Lipinski definition) is 4. The van der Waals surface area contributed by atoms with Crippen LogP contribution < -0.4 is 5.73 Å². The Morgan fingerprint density at radius 1 is 1.33 bits per heavy atom. The largest absolute Gasteiger partial charge is 0.399 e. The number of nitrogens with zero attached hydrogens (tertiary/aromatic N) is 1. The van der Waals surface area contributed by atoms with Crippen LogP contribution in [0.5, 0.6) is 0 Å². The summed E-state index contributed by atoms with van der Waals surface area (Å²) in [6, 6.07) is 8.80. The molecular weight excluding hydrogens is 304 g/mol. The molecule has 0 amide bonds. The minimum absolute atomic E-state index is 0.115. The zero-order valence-corrected chi connectivity index (χ0v) is 14.0. The van der Waals surface area contributed by atoms with Crippen molar-refractivity contribution in [2.45, 2.75) is 31.2 Å². The van der Waals surface area contributed by atoms with E-state index in [1.807, 2.05) is 31.4 Å². The van der Waals surface area contributed by atoms with E-state index in [4.69, 9.17) is 5.73 Å². The summed E-state index contributed by atoms with van der Waals surface area (Å²) in [4.78, 5) is 1.42. The molecule has 114 valence electrons. The first kappa shape index (κ1) is 16.0. The number of nitrogens with two attached hydrogens (primary N) is 1. The summed E-state index contributed by atoms with van der Waals surface area (Å²) in [5.41, 5.74) is 7.07. The molecule has 1 aromatic carbocycles. The summed E-state index contributed by atoms with van der Waals surface area (Å²) < 4.78 is 26.8. The van der Waals surface area contributed by atoms with Gasteiger partial charge in [-0.25, -0.2) is 8.42 Å². The molecular formula is C15H20N2O2S2. The fraction of sp³-hybridized carbons (Fsp3) is 0.333. The highest BCUT2D eigenvalue weighted by Gasteiger charge is 2.26. The van der Waals surface area contributed by atoms with Gasteiger partial charge in [0.05, 0.1) is 4.90 Å². The molecule has 1 unspecified atom stereocenters. The Kier molecular flexibility index (Phi) is 4.70. The lowest BCUT2D eigenvalue weighted by atomic mass is 10.2. The Morgan fingerprint density at radius 2 is 2.05 bits per heavy atom. The van der Waals surface area contributed by atoms with Crippen molar-refractivity contribution >= 4 is 27.0 Å². The third-order valence-electron chi connectivity index (χ3n) is 3.45. The molecule has 1 atom stereocenters. The van der Waals surface area contributed by atoms with Gasteiger partial charge in [-0.1, -0.05) is 6.07 Å². The third kappa shape index (κ3) is 3.64. The summed E-state index contributed by atoms with van der Waals surface area (Å²) in [7, 11) is -1.91. The second-order valence-corrected chi connectivity index (χ2v) is 8.26. The van der Waals surface area contributed by atoms with Crippen LogP contribution in [-0.2, 0) is 16.4 Å². The number of likely N-dealkylation sites (N-methyl/N-ethyl adjacent to an activating group) is 1. The number of nitrogen functional groups attached to an aromatic ring is 1. The second kappa shape index (κ2) is 6.17. The maximum Gasteiger partial charge on any atom is 0.243 e. The third-order valence-corrected chi connectivity index (χ3v) is 6.30. The van der Waals surface area contributed by atoms with E-state index < -0.39 is 10.0 Å². The molecule has 2 aromatic rings. The minimum atomic E-state index is -3.53. The van der Waals surface area contributed by atoms with Crippen LogP contribution in [0.1, 0.15) is 17.4 Å². The lowest BCUT2D eigenvalue weighted by molar-refractivity contribution is 0.388. The van der Waals surface area contributed by atoms with Crippen LogP contribution in [0.25, 0.3) is 0 Å². The van der Waals surface area contributed by atoms with Crippen LogP contribution in [0.4, 0.5) is 5.69 Å². The van der Waals surface area contributed by atoms with Crippen molar-refractivity contribution in [2.75, 3.05) is 12.8 Å². The van der Waals surface area contributed by atoms with Crippen molar-refractivity contribution in [3.8, 4) is 0 Å². The highest BCUT2D eigenvalue weighted by atomic mass is 32.2. The van der Waals surface area contributed by atoms with Gasteiger partial charge in [-0.3, -0.25) is 0 Å². The Hall–Kier alpha value is -1.37. The van der Waals surface area contributed by atoms with E-state index in [0.717, 1.165) is 5.56 Å². The fourth-order valence-electron chi connectivity index (χ4n) is 2.18. The van der Waals surface area contributed by atoms with Crippen LogP contribution in [0.3, 0.4) is 0 Å². The first-order valence-electron chi connectivity index (χ1n) is 6.68. The molecule has 0 aliphatic carbocycles. The van der Waals surface area contributed by atoms with Crippen LogP contribution in [-0.4, -0.2) is 25.8 Å². The molecule has 4 nitrogen and oxygen atoms in total. The number of sulfonamides is 1. The Bertz CT molecular complexity index is 689. The van der Waals surface area contributed by atoms with E-state index in [-0.39, 0.29) is 10.9 Å². The SMILES string of the molecule is Cc1cc(N)cc(S(=O)(=O)N(C)C(C)Cc2cccs2)c1. The maximum atomic E-state index is 12.7. The monoisotopic (exact) mass is 324 g/mol. The predicted octanol–water partition coefficient (Wildman–Crippen LogP) is 2.89. The lowest BCUT2D eigenvalue weighted by Crippen LogP contribution is -2.36. The fourth-order valence-corrected chi connectivity index (χ4v) is 4.50. The van der Waals surface area contributed by atoms with Crippen molar-refractivity contribution in [3.63, 3.8) is 0 Å². The summed E-state index contributed by atoms with van der Waals surface area (Å²) in [5, 5.41) is 2.00. The zero-order valence-electron chi connectivity index (χ0n) is 12.4. The van der Waals surface area contributed by atoms with E-state index in [2.05, 4.69) is 0 Å². The van der Waals surface area contributed by atoms with E-state index in [0.29, 0.717) is 12.1 Å². The first-order valence-corrected chi connectivity index (χ1v) is 9.00. The normalized spacial score (nSPS) is 13.5. The lowest BCUT2D eigenvalue weighted by Gasteiger charge is -2.24. The molecule has 0 saturated heterocycles. The molecule has 0 bridgehead atoms. The molecule has 0 radical (unpaired) electrons. The number of hydrogen-bond donors (Lipinski definition) is 1. The van der Waals surface area contributed by atoms with E-state index in [1.54, 1.807) is 30.5 Å². The summed E-state index contributed by atoms with van der Waals surface area (Å²) in [6.07, 6.45) is 0.703. The number of rotatable bonds is 5. The summed E-state index contributed by atoms with van der Waals surface area (Å²) >= 11 is 1.64. The van der Waals surface area contributed by atoms with Crippen molar-refractivity contribution in [1.82, 2.24) is 4.31 Å². The molecule has 0 aliphatic heterocycles.